The summed E-state index contributed by atoms with van der Waals surface area (Å²) in [7, 11) is 0. The van der Waals surface area contributed by atoms with Gasteiger partial charge in [0.1, 0.15) is 23.3 Å². The molecular formula is C15H12I3NO4. The third-order valence-electron chi connectivity index (χ3n) is 3.02. The highest BCUT2D eigenvalue weighted by molar-refractivity contribution is 14.1. The fourth-order valence-corrected chi connectivity index (χ4v) is 3.52. The van der Waals surface area contributed by atoms with Crippen LogP contribution in [0.15, 0.2) is 30.3 Å². The largest absolute Gasteiger partial charge is 0.507 e. The third kappa shape index (κ3) is 4.82. The first-order valence-electron chi connectivity index (χ1n) is 6.41. The van der Waals surface area contributed by atoms with Crippen molar-refractivity contribution in [2.24, 2.45) is 5.73 Å². The van der Waals surface area contributed by atoms with Crippen molar-refractivity contribution in [2.45, 2.75) is 12.5 Å². The van der Waals surface area contributed by atoms with Crippen LogP contribution >= 0.6 is 67.8 Å². The zero-order valence-electron chi connectivity index (χ0n) is 11.6. The van der Waals surface area contributed by atoms with Gasteiger partial charge in [0.25, 0.3) is 0 Å². The first kappa shape index (κ1) is 19.0. The van der Waals surface area contributed by atoms with Crippen LogP contribution in [0.2, 0.25) is 0 Å². The van der Waals surface area contributed by atoms with Gasteiger partial charge in [-0.3, -0.25) is 4.79 Å². The summed E-state index contributed by atoms with van der Waals surface area (Å²) in [6, 6.07) is 7.84. The van der Waals surface area contributed by atoms with E-state index in [9.17, 15) is 9.90 Å². The monoisotopic (exact) mass is 651 g/mol. The number of rotatable bonds is 5. The summed E-state index contributed by atoms with van der Waals surface area (Å²) in [5.74, 6) is 0.516. The average molecular weight is 651 g/mol. The Bertz CT molecular complexity index is 752. The Morgan fingerprint density at radius 3 is 2.39 bits per heavy atom. The summed E-state index contributed by atoms with van der Waals surface area (Å²) in [4.78, 5) is 10.8. The lowest BCUT2D eigenvalue weighted by molar-refractivity contribution is -0.138. The van der Waals surface area contributed by atoms with Gasteiger partial charge in [-0.25, -0.2) is 0 Å². The number of halogens is 3. The predicted molar refractivity (Wildman–Crippen MR) is 112 cm³/mol. The SMILES string of the molecule is N[C@@H](Cc1ccc(Oc2ccc(O)c(I)c2I)c(I)c1)C(=O)O. The quantitative estimate of drug-likeness (QED) is 0.427. The van der Waals surface area contributed by atoms with Crippen LogP contribution in [0.3, 0.4) is 0 Å². The molecule has 0 heterocycles. The molecule has 0 spiro atoms. The molecule has 0 radical (unpaired) electrons. The number of phenols is 1. The molecule has 2 aromatic rings. The molecule has 0 amide bonds. The lowest BCUT2D eigenvalue weighted by Gasteiger charge is -2.13. The van der Waals surface area contributed by atoms with E-state index in [1.54, 1.807) is 24.3 Å². The van der Waals surface area contributed by atoms with E-state index in [4.69, 9.17) is 15.6 Å². The lowest BCUT2D eigenvalue weighted by atomic mass is 10.1. The molecule has 0 aliphatic carbocycles. The highest BCUT2D eigenvalue weighted by atomic mass is 127. The van der Waals surface area contributed by atoms with E-state index in [1.807, 2.05) is 6.07 Å². The van der Waals surface area contributed by atoms with E-state index in [0.29, 0.717) is 11.5 Å². The molecule has 1 atom stereocenters. The second-order valence-electron chi connectivity index (χ2n) is 4.73. The van der Waals surface area contributed by atoms with Crippen LogP contribution in [0.1, 0.15) is 5.56 Å². The van der Waals surface area contributed by atoms with Crippen molar-refractivity contribution in [3.05, 3.63) is 46.6 Å². The number of carboxylic acid groups (broad SMARTS) is 1. The predicted octanol–water partition coefficient (Wildman–Crippen LogP) is 3.95. The van der Waals surface area contributed by atoms with E-state index >= 15 is 0 Å². The molecule has 122 valence electrons. The molecule has 4 N–H and O–H groups in total. The summed E-state index contributed by atoms with van der Waals surface area (Å²) in [6.45, 7) is 0. The summed E-state index contributed by atoms with van der Waals surface area (Å²) in [5.41, 5.74) is 6.39. The molecule has 0 saturated carbocycles. The number of hydrogen-bond donors (Lipinski definition) is 3. The van der Waals surface area contributed by atoms with Crippen LogP contribution in [0.5, 0.6) is 17.2 Å². The van der Waals surface area contributed by atoms with Crippen molar-refractivity contribution >= 4 is 73.7 Å². The minimum Gasteiger partial charge on any atom is -0.507 e. The van der Waals surface area contributed by atoms with Gasteiger partial charge in [0, 0.05) is 0 Å². The first-order valence-corrected chi connectivity index (χ1v) is 9.65. The standard InChI is InChI=1S/C15H12I3NO4/c16-8-5-7(6-9(19)15(21)22)1-3-11(8)23-12-4-2-10(20)13(17)14(12)18/h1-5,9,20H,6,19H2,(H,21,22)/t9-/m0/s1. The normalized spacial score (nSPS) is 12.0. The van der Waals surface area contributed by atoms with Gasteiger partial charge in [-0.1, -0.05) is 6.07 Å². The van der Waals surface area contributed by atoms with Gasteiger partial charge in [-0.2, -0.15) is 0 Å². The highest BCUT2D eigenvalue weighted by Gasteiger charge is 2.15. The van der Waals surface area contributed by atoms with Crippen molar-refractivity contribution in [3.8, 4) is 17.2 Å². The van der Waals surface area contributed by atoms with Crippen LogP contribution in [-0.4, -0.2) is 22.2 Å². The topological polar surface area (TPSA) is 92.8 Å². The molecule has 2 aromatic carbocycles. The van der Waals surface area contributed by atoms with Gasteiger partial charge in [0.2, 0.25) is 0 Å². The molecule has 5 nitrogen and oxygen atoms in total. The Morgan fingerprint density at radius 1 is 1.13 bits per heavy atom. The minimum atomic E-state index is -1.02. The lowest BCUT2D eigenvalue weighted by Crippen LogP contribution is -2.32. The Labute approximate surface area is 174 Å². The Morgan fingerprint density at radius 2 is 1.78 bits per heavy atom. The van der Waals surface area contributed by atoms with Crippen molar-refractivity contribution < 1.29 is 19.7 Å². The fraction of sp³-hybridized carbons (Fsp3) is 0.133. The van der Waals surface area contributed by atoms with Gasteiger partial charge in [0.15, 0.2) is 0 Å². The van der Waals surface area contributed by atoms with E-state index in [-0.39, 0.29) is 12.2 Å². The van der Waals surface area contributed by atoms with Gasteiger partial charge < -0.3 is 20.7 Å². The molecule has 0 aliphatic rings. The third-order valence-corrected chi connectivity index (χ3v) is 7.05. The number of carboxylic acids is 1. The van der Waals surface area contributed by atoms with Crippen LogP contribution in [0.4, 0.5) is 0 Å². The summed E-state index contributed by atoms with van der Waals surface area (Å²) in [5, 5.41) is 18.5. The maximum absolute atomic E-state index is 10.8. The molecule has 0 aromatic heterocycles. The van der Waals surface area contributed by atoms with Crippen molar-refractivity contribution in [1.29, 1.82) is 0 Å². The molecule has 8 heteroatoms. The molecule has 2 rings (SSSR count). The van der Waals surface area contributed by atoms with Gasteiger partial charge in [-0.15, -0.1) is 0 Å². The van der Waals surface area contributed by atoms with Gasteiger partial charge in [-0.05, 0) is 104 Å². The van der Waals surface area contributed by atoms with Gasteiger partial charge in [0.05, 0.1) is 10.7 Å². The number of hydrogen-bond acceptors (Lipinski definition) is 4. The number of carbonyl (C=O) groups is 1. The molecule has 0 bridgehead atoms. The number of aromatic hydroxyl groups is 1. The molecule has 0 saturated heterocycles. The zero-order valence-corrected chi connectivity index (χ0v) is 18.1. The Kier molecular flexibility index (Phi) is 6.74. The number of nitrogens with two attached hydrogens (primary N) is 1. The molecule has 0 aliphatic heterocycles. The fourth-order valence-electron chi connectivity index (χ4n) is 1.81. The second-order valence-corrected chi connectivity index (χ2v) is 8.05. The number of phenolic OH excluding ortho intramolecular Hbond substituents is 1. The highest BCUT2D eigenvalue weighted by Crippen LogP contribution is 2.36. The second kappa shape index (κ2) is 8.16. The minimum absolute atomic E-state index is 0.218. The molecular weight excluding hydrogens is 639 g/mol. The summed E-state index contributed by atoms with van der Waals surface area (Å²) >= 11 is 6.32. The number of aliphatic carboxylic acids is 1. The van der Waals surface area contributed by atoms with Crippen molar-refractivity contribution in [2.75, 3.05) is 0 Å². The van der Waals surface area contributed by atoms with Crippen molar-refractivity contribution in [1.82, 2.24) is 0 Å². The van der Waals surface area contributed by atoms with E-state index < -0.39 is 12.0 Å². The van der Waals surface area contributed by atoms with Crippen LogP contribution in [0.25, 0.3) is 0 Å². The maximum atomic E-state index is 10.8. The van der Waals surface area contributed by atoms with E-state index in [1.165, 1.54) is 0 Å². The molecule has 23 heavy (non-hydrogen) atoms. The van der Waals surface area contributed by atoms with E-state index in [2.05, 4.69) is 67.8 Å². The molecule has 0 fully saturated rings. The maximum Gasteiger partial charge on any atom is 0.320 e. The number of benzene rings is 2. The van der Waals surface area contributed by atoms with Crippen LogP contribution in [0, 0.1) is 10.7 Å². The van der Waals surface area contributed by atoms with Crippen LogP contribution in [-0.2, 0) is 11.2 Å². The Balaban J connectivity index is 2.22. The molecule has 0 unspecified atom stereocenters. The first-order chi connectivity index (χ1) is 10.8. The summed E-state index contributed by atoms with van der Waals surface area (Å²) in [6.07, 6.45) is 0.264. The van der Waals surface area contributed by atoms with E-state index in [0.717, 1.165) is 16.3 Å². The zero-order chi connectivity index (χ0) is 17.1. The Hall–Kier alpha value is -0.340. The van der Waals surface area contributed by atoms with Gasteiger partial charge >= 0.3 is 5.97 Å². The average Bonchev–Trinajstić information content (AvgIpc) is 2.50. The number of ether oxygens (including phenoxy) is 1. The summed E-state index contributed by atoms with van der Waals surface area (Å²) < 4.78 is 8.33. The smallest absolute Gasteiger partial charge is 0.320 e. The van der Waals surface area contributed by atoms with Crippen molar-refractivity contribution in [3.63, 3.8) is 0 Å². The van der Waals surface area contributed by atoms with Crippen LogP contribution < -0.4 is 10.5 Å².